The van der Waals surface area contributed by atoms with Crippen LogP contribution in [-0.2, 0) is 4.79 Å². The minimum atomic E-state index is -0.577. The first-order valence-corrected chi connectivity index (χ1v) is 7.46. The number of benzene rings is 1. The molecule has 1 saturated heterocycles. The third kappa shape index (κ3) is 2.60. The third-order valence-corrected chi connectivity index (χ3v) is 4.11. The maximum atomic E-state index is 12.7. The number of hydrogen-bond acceptors (Lipinski definition) is 3. The van der Waals surface area contributed by atoms with E-state index in [9.17, 15) is 9.59 Å². The standard InChI is InChI=1S/C16H20N2O3/c1-10-5-4-8-18(9-10)16(20)12-6-3-7-13-14(12)21-11(2)15(19)17-13/h3,6-7,10-11H,4-5,8-9H2,1-2H3,(H,17,19). The molecule has 112 valence electrons. The third-order valence-electron chi connectivity index (χ3n) is 4.11. The summed E-state index contributed by atoms with van der Waals surface area (Å²) in [5.74, 6) is 0.829. The van der Waals surface area contributed by atoms with Crippen LogP contribution >= 0.6 is 0 Å². The molecule has 2 unspecified atom stereocenters. The smallest absolute Gasteiger partial charge is 0.265 e. The highest BCUT2D eigenvalue weighted by Gasteiger charge is 2.30. The van der Waals surface area contributed by atoms with Gasteiger partial charge in [-0.3, -0.25) is 9.59 Å². The molecule has 0 spiro atoms. The van der Waals surface area contributed by atoms with Crippen LogP contribution in [0, 0.1) is 5.92 Å². The van der Waals surface area contributed by atoms with E-state index in [2.05, 4.69) is 12.2 Å². The molecule has 2 amide bonds. The van der Waals surface area contributed by atoms with Crippen molar-refractivity contribution >= 4 is 17.5 Å². The SMILES string of the molecule is CC1CCCN(C(=O)c2cccc3c2OC(C)C(=O)N3)C1. The molecule has 2 atom stereocenters. The fourth-order valence-electron chi connectivity index (χ4n) is 2.94. The van der Waals surface area contributed by atoms with Crippen LogP contribution in [0.1, 0.15) is 37.0 Å². The number of ether oxygens (including phenoxy) is 1. The van der Waals surface area contributed by atoms with Gasteiger partial charge in [-0.25, -0.2) is 0 Å². The van der Waals surface area contributed by atoms with E-state index >= 15 is 0 Å². The molecule has 2 aliphatic heterocycles. The van der Waals surface area contributed by atoms with Crippen molar-refractivity contribution < 1.29 is 14.3 Å². The van der Waals surface area contributed by atoms with E-state index in [0.29, 0.717) is 22.9 Å². The van der Waals surface area contributed by atoms with Gasteiger partial charge in [0.2, 0.25) is 0 Å². The first-order valence-electron chi connectivity index (χ1n) is 7.46. The summed E-state index contributed by atoms with van der Waals surface area (Å²) in [6, 6.07) is 5.30. The lowest BCUT2D eigenvalue weighted by Crippen LogP contribution is -2.40. The Morgan fingerprint density at radius 1 is 1.38 bits per heavy atom. The predicted octanol–water partition coefficient (Wildman–Crippen LogP) is 2.28. The molecule has 21 heavy (non-hydrogen) atoms. The number of hydrogen-bond donors (Lipinski definition) is 1. The molecule has 0 radical (unpaired) electrons. The number of para-hydroxylation sites is 1. The number of nitrogens with zero attached hydrogens (tertiary/aromatic N) is 1. The molecular formula is C16H20N2O3. The summed E-state index contributed by atoms with van der Waals surface area (Å²) in [7, 11) is 0. The summed E-state index contributed by atoms with van der Waals surface area (Å²) < 4.78 is 5.65. The highest BCUT2D eigenvalue weighted by Crippen LogP contribution is 2.34. The molecule has 0 bridgehead atoms. The number of amides is 2. The van der Waals surface area contributed by atoms with Crippen LogP contribution in [0.4, 0.5) is 5.69 Å². The number of carbonyl (C=O) groups excluding carboxylic acids is 2. The van der Waals surface area contributed by atoms with Gasteiger partial charge < -0.3 is 15.0 Å². The zero-order valence-electron chi connectivity index (χ0n) is 12.4. The van der Waals surface area contributed by atoms with Crippen molar-refractivity contribution in [3.63, 3.8) is 0 Å². The van der Waals surface area contributed by atoms with Gasteiger partial charge in [0.15, 0.2) is 11.9 Å². The van der Waals surface area contributed by atoms with Crippen LogP contribution in [0.3, 0.4) is 0 Å². The summed E-state index contributed by atoms with van der Waals surface area (Å²) in [6.45, 7) is 5.42. The van der Waals surface area contributed by atoms with Crippen LogP contribution in [-0.4, -0.2) is 35.9 Å². The molecule has 0 saturated carbocycles. The molecule has 0 aromatic heterocycles. The van der Waals surface area contributed by atoms with E-state index in [1.807, 2.05) is 4.90 Å². The van der Waals surface area contributed by atoms with E-state index < -0.39 is 6.10 Å². The lowest BCUT2D eigenvalue weighted by Gasteiger charge is -2.32. The Kier molecular flexibility index (Phi) is 3.57. The number of fused-ring (bicyclic) bond motifs is 1. The molecular weight excluding hydrogens is 268 g/mol. The molecule has 2 aliphatic rings. The largest absolute Gasteiger partial charge is 0.478 e. The molecule has 5 nitrogen and oxygen atoms in total. The normalized spacial score (nSPS) is 24.9. The number of rotatable bonds is 1. The summed E-state index contributed by atoms with van der Waals surface area (Å²) in [6.07, 6.45) is 1.63. The van der Waals surface area contributed by atoms with Crippen LogP contribution in [0.2, 0.25) is 0 Å². The van der Waals surface area contributed by atoms with Gasteiger partial charge in [0.1, 0.15) is 0 Å². The topological polar surface area (TPSA) is 58.6 Å². The highest BCUT2D eigenvalue weighted by molar-refractivity contribution is 6.04. The number of nitrogens with one attached hydrogen (secondary N) is 1. The van der Waals surface area contributed by atoms with Crippen molar-refractivity contribution in [2.45, 2.75) is 32.8 Å². The Hall–Kier alpha value is -2.04. The Balaban J connectivity index is 1.90. The minimum absolute atomic E-state index is 0.0123. The van der Waals surface area contributed by atoms with Gasteiger partial charge >= 0.3 is 0 Å². The Morgan fingerprint density at radius 2 is 2.19 bits per heavy atom. The van der Waals surface area contributed by atoms with E-state index in [1.54, 1.807) is 25.1 Å². The Bertz CT molecular complexity index is 585. The van der Waals surface area contributed by atoms with Gasteiger partial charge in [-0.05, 0) is 37.8 Å². The molecule has 1 fully saturated rings. The van der Waals surface area contributed by atoms with Gasteiger partial charge in [0, 0.05) is 13.1 Å². The van der Waals surface area contributed by atoms with Gasteiger partial charge in [-0.1, -0.05) is 13.0 Å². The second-order valence-corrected chi connectivity index (χ2v) is 5.93. The van der Waals surface area contributed by atoms with Crippen molar-refractivity contribution in [1.29, 1.82) is 0 Å². The van der Waals surface area contributed by atoms with Crippen LogP contribution in [0.15, 0.2) is 18.2 Å². The van der Waals surface area contributed by atoms with Crippen molar-refractivity contribution in [3.8, 4) is 5.75 Å². The van der Waals surface area contributed by atoms with Crippen molar-refractivity contribution in [3.05, 3.63) is 23.8 Å². The first kappa shape index (κ1) is 13.9. The Morgan fingerprint density at radius 3 is 2.95 bits per heavy atom. The quantitative estimate of drug-likeness (QED) is 0.862. The molecule has 1 aromatic rings. The molecule has 3 rings (SSSR count). The molecule has 5 heteroatoms. The highest BCUT2D eigenvalue weighted by atomic mass is 16.5. The number of anilines is 1. The number of likely N-dealkylation sites (tertiary alicyclic amines) is 1. The van der Waals surface area contributed by atoms with Crippen LogP contribution in [0.5, 0.6) is 5.75 Å². The second kappa shape index (κ2) is 5.39. The van der Waals surface area contributed by atoms with Crippen molar-refractivity contribution in [1.82, 2.24) is 4.90 Å². The second-order valence-electron chi connectivity index (χ2n) is 5.93. The summed E-state index contributed by atoms with van der Waals surface area (Å²) >= 11 is 0. The van der Waals surface area contributed by atoms with Crippen molar-refractivity contribution in [2.75, 3.05) is 18.4 Å². The van der Waals surface area contributed by atoms with E-state index in [0.717, 1.165) is 19.5 Å². The molecule has 1 N–H and O–H groups in total. The molecule has 0 aliphatic carbocycles. The van der Waals surface area contributed by atoms with Crippen LogP contribution in [0.25, 0.3) is 0 Å². The predicted molar refractivity (Wildman–Crippen MR) is 79.5 cm³/mol. The van der Waals surface area contributed by atoms with E-state index in [-0.39, 0.29) is 11.8 Å². The average molecular weight is 288 g/mol. The minimum Gasteiger partial charge on any atom is -0.478 e. The maximum absolute atomic E-state index is 12.7. The molecule has 2 heterocycles. The lowest BCUT2D eigenvalue weighted by atomic mass is 9.99. The monoisotopic (exact) mass is 288 g/mol. The van der Waals surface area contributed by atoms with Crippen LogP contribution < -0.4 is 10.1 Å². The summed E-state index contributed by atoms with van der Waals surface area (Å²) in [5.41, 5.74) is 1.11. The van der Waals surface area contributed by atoms with Gasteiger partial charge in [-0.2, -0.15) is 0 Å². The van der Waals surface area contributed by atoms with Gasteiger partial charge in [0.25, 0.3) is 11.8 Å². The fourth-order valence-corrected chi connectivity index (χ4v) is 2.94. The maximum Gasteiger partial charge on any atom is 0.265 e. The average Bonchev–Trinajstić information content (AvgIpc) is 2.47. The lowest BCUT2D eigenvalue weighted by molar-refractivity contribution is -0.122. The summed E-state index contributed by atoms with van der Waals surface area (Å²) in [4.78, 5) is 26.3. The number of piperidine rings is 1. The van der Waals surface area contributed by atoms with Gasteiger partial charge in [-0.15, -0.1) is 0 Å². The summed E-state index contributed by atoms with van der Waals surface area (Å²) in [5, 5.41) is 2.78. The fraction of sp³-hybridized carbons (Fsp3) is 0.500. The van der Waals surface area contributed by atoms with Gasteiger partial charge in [0.05, 0.1) is 11.3 Å². The Labute approximate surface area is 124 Å². The molecule has 1 aromatic carbocycles. The first-order chi connectivity index (χ1) is 10.1. The zero-order valence-corrected chi connectivity index (χ0v) is 12.4. The van der Waals surface area contributed by atoms with E-state index in [1.165, 1.54) is 6.42 Å². The number of carbonyl (C=O) groups is 2. The van der Waals surface area contributed by atoms with Crippen molar-refractivity contribution in [2.24, 2.45) is 5.92 Å². The zero-order chi connectivity index (χ0) is 15.0. The van der Waals surface area contributed by atoms with E-state index in [4.69, 9.17) is 4.74 Å².